The molecule has 4 rings (SSSR count). The van der Waals surface area contributed by atoms with E-state index in [1.54, 1.807) is 31.2 Å². The SMILES string of the molecule is Cc1ccc(N2CC(C(=O)NNC(=O)c3ccc4ccccc4n3)CC2=O)c(F)c1. The molecule has 3 aromatic rings. The minimum Gasteiger partial charge on any atom is -0.309 e. The summed E-state index contributed by atoms with van der Waals surface area (Å²) >= 11 is 0. The Morgan fingerprint density at radius 3 is 2.70 bits per heavy atom. The number of amides is 3. The van der Waals surface area contributed by atoms with E-state index in [9.17, 15) is 18.8 Å². The molecule has 1 aromatic heterocycles. The van der Waals surface area contributed by atoms with Gasteiger partial charge in [-0.05, 0) is 36.8 Å². The number of nitrogens with one attached hydrogen (secondary N) is 2. The van der Waals surface area contributed by atoms with Gasteiger partial charge in [0.25, 0.3) is 5.91 Å². The van der Waals surface area contributed by atoms with Gasteiger partial charge in [0.05, 0.1) is 17.1 Å². The molecule has 2 N–H and O–H groups in total. The van der Waals surface area contributed by atoms with Crippen LogP contribution in [0.4, 0.5) is 10.1 Å². The maximum atomic E-state index is 14.2. The molecule has 7 nitrogen and oxygen atoms in total. The lowest BCUT2D eigenvalue weighted by atomic mass is 10.1. The Balaban J connectivity index is 1.39. The molecule has 1 atom stereocenters. The first-order valence-electron chi connectivity index (χ1n) is 9.45. The van der Waals surface area contributed by atoms with Crippen LogP contribution in [-0.4, -0.2) is 29.3 Å². The van der Waals surface area contributed by atoms with Gasteiger partial charge in [0.15, 0.2) is 0 Å². The molecule has 1 fully saturated rings. The van der Waals surface area contributed by atoms with Crippen molar-refractivity contribution in [3.8, 4) is 0 Å². The van der Waals surface area contributed by atoms with Crippen LogP contribution in [0.3, 0.4) is 0 Å². The molecule has 3 amide bonds. The van der Waals surface area contributed by atoms with Crippen LogP contribution in [0.2, 0.25) is 0 Å². The number of benzene rings is 2. The number of aromatic nitrogens is 1. The van der Waals surface area contributed by atoms with E-state index in [2.05, 4.69) is 15.8 Å². The number of carbonyl (C=O) groups excluding carboxylic acids is 3. The minimum absolute atomic E-state index is 0.0365. The third kappa shape index (κ3) is 3.84. The minimum atomic E-state index is -0.705. The fraction of sp³-hybridized carbons (Fsp3) is 0.182. The van der Waals surface area contributed by atoms with Gasteiger partial charge >= 0.3 is 0 Å². The average Bonchev–Trinajstić information content (AvgIpc) is 3.13. The number of halogens is 1. The van der Waals surface area contributed by atoms with Gasteiger partial charge in [-0.1, -0.05) is 30.3 Å². The molecule has 0 spiro atoms. The van der Waals surface area contributed by atoms with E-state index in [4.69, 9.17) is 0 Å². The molecule has 0 bridgehead atoms. The highest BCUT2D eigenvalue weighted by Gasteiger charge is 2.36. The molecule has 2 aromatic carbocycles. The van der Waals surface area contributed by atoms with Gasteiger partial charge in [-0.25, -0.2) is 9.37 Å². The van der Waals surface area contributed by atoms with Crippen molar-refractivity contribution in [2.24, 2.45) is 5.92 Å². The molecule has 2 heterocycles. The molecular weight excluding hydrogens is 387 g/mol. The molecule has 30 heavy (non-hydrogen) atoms. The van der Waals surface area contributed by atoms with Gasteiger partial charge in [0.2, 0.25) is 11.8 Å². The molecule has 0 aliphatic carbocycles. The Kier molecular flexibility index (Phi) is 5.14. The van der Waals surface area contributed by atoms with Gasteiger partial charge in [-0.2, -0.15) is 0 Å². The smallest absolute Gasteiger partial charge is 0.288 e. The second-order valence-corrected chi connectivity index (χ2v) is 7.19. The van der Waals surface area contributed by atoms with Crippen molar-refractivity contribution in [1.29, 1.82) is 0 Å². The molecule has 152 valence electrons. The Labute approximate surface area is 171 Å². The van der Waals surface area contributed by atoms with Gasteiger partial charge in [-0.3, -0.25) is 25.2 Å². The molecular formula is C22H19FN4O3. The lowest BCUT2D eigenvalue weighted by Crippen LogP contribution is -2.45. The summed E-state index contributed by atoms with van der Waals surface area (Å²) in [6.45, 7) is 1.79. The molecule has 1 aliphatic heterocycles. The third-order valence-corrected chi connectivity index (χ3v) is 5.02. The van der Waals surface area contributed by atoms with E-state index >= 15 is 0 Å². The van der Waals surface area contributed by atoms with Crippen molar-refractivity contribution in [2.75, 3.05) is 11.4 Å². The first-order valence-corrected chi connectivity index (χ1v) is 9.45. The molecule has 1 saturated heterocycles. The highest BCUT2D eigenvalue weighted by molar-refractivity contribution is 6.01. The highest BCUT2D eigenvalue weighted by Crippen LogP contribution is 2.28. The van der Waals surface area contributed by atoms with E-state index in [0.717, 1.165) is 10.9 Å². The summed E-state index contributed by atoms with van der Waals surface area (Å²) in [4.78, 5) is 42.6. The van der Waals surface area contributed by atoms with Crippen LogP contribution in [-0.2, 0) is 9.59 Å². The van der Waals surface area contributed by atoms with Crippen molar-refractivity contribution in [3.05, 3.63) is 71.7 Å². The summed E-state index contributed by atoms with van der Waals surface area (Å²) < 4.78 is 14.2. The monoisotopic (exact) mass is 406 g/mol. The van der Waals surface area contributed by atoms with E-state index in [1.807, 2.05) is 18.2 Å². The number of hydrogen-bond acceptors (Lipinski definition) is 4. The number of hydrazine groups is 1. The number of pyridine rings is 1. The number of fused-ring (bicyclic) bond motifs is 1. The molecule has 0 saturated carbocycles. The molecule has 8 heteroatoms. The predicted molar refractivity (Wildman–Crippen MR) is 109 cm³/mol. The standard InChI is InChI=1S/C22H19FN4O3/c1-13-6-9-19(16(23)10-13)27-12-15(11-20(27)28)21(29)25-26-22(30)18-8-7-14-4-2-3-5-17(14)24-18/h2-10,15H,11-12H2,1H3,(H,25,29)(H,26,30). The van der Waals surface area contributed by atoms with Crippen LogP contribution in [0.25, 0.3) is 10.9 Å². The van der Waals surface area contributed by atoms with E-state index in [1.165, 1.54) is 17.0 Å². The van der Waals surface area contributed by atoms with Gasteiger partial charge in [0, 0.05) is 18.4 Å². The number of nitrogens with zero attached hydrogens (tertiary/aromatic N) is 2. The van der Waals surface area contributed by atoms with Gasteiger partial charge in [-0.15, -0.1) is 0 Å². The normalized spacial score (nSPS) is 16.0. The lowest BCUT2D eigenvalue weighted by molar-refractivity contribution is -0.126. The van der Waals surface area contributed by atoms with Crippen LogP contribution in [0.1, 0.15) is 22.5 Å². The second kappa shape index (κ2) is 7.90. The summed E-state index contributed by atoms with van der Waals surface area (Å²) in [6.07, 6.45) is -0.0662. The summed E-state index contributed by atoms with van der Waals surface area (Å²) in [7, 11) is 0. The number of rotatable bonds is 3. The predicted octanol–water partition coefficient (Wildman–Crippen LogP) is 2.50. The average molecular weight is 406 g/mol. The van der Waals surface area contributed by atoms with Crippen molar-refractivity contribution in [2.45, 2.75) is 13.3 Å². The first-order chi connectivity index (χ1) is 14.4. The maximum absolute atomic E-state index is 14.2. The number of anilines is 1. The topological polar surface area (TPSA) is 91.4 Å². The quantitative estimate of drug-likeness (QED) is 0.654. The van der Waals surface area contributed by atoms with Crippen LogP contribution < -0.4 is 15.8 Å². The zero-order valence-corrected chi connectivity index (χ0v) is 16.2. The van der Waals surface area contributed by atoms with Crippen LogP contribution >= 0.6 is 0 Å². The van der Waals surface area contributed by atoms with Gasteiger partial charge < -0.3 is 4.90 Å². The van der Waals surface area contributed by atoms with Crippen molar-refractivity contribution in [3.63, 3.8) is 0 Å². The lowest BCUT2D eigenvalue weighted by Gasteiger charge is -2.18. The Bertz CT molecular complexity index is 1160. The van der Waals surface area contributed by atoms with Crippen molar-refractivity contribution < 1.29 is 18.8 Å². The summed E-state index contributed by atoms with van der Waals surface area (Å²) in [5.41, 5.74) is 6.36. The number of carbonyl (C=O) groups is 3. The van der Waals surface area contributed by atoms with E-state index in [-0.39, 0.29) is 30.3 Å². The number of para-hydroxylation sites is 1. The van der Waals surface area contributed by atoms with Crippen molar-refractivity contribution >= 4 is 34.3 Å². The Morgan fingerprint density at radius 1 is 1.10 bits per heavy atom. The summed E-state index contributed by atoms with van der Waals surface area (Å²) in [5, 5.41) is 0.894. The zero-order valence-electron chi connectivity index (χ0n) is 16.2. The zero-order chi connectivity index (χ0) is 21.3. The van der Waals surface area contributed by atoms with Gasteiger partial charge in [0.1, 0.15) is 11.5 Å². The first kappa shape index (κ1) is 19.5. The third-order valence-electron chi connectivity index (χ3n) is 5.02. The van der Waals surface area contributed by atoms with E-state index in [0.29, 0.717) is 5.52 Å². The number of hydrogen-bond donors (Lipinski definition) is 2. The van der Waals surface area contributed by atoms with E-state index < -0.39 is 23.5 Å². The van der Waals surface area contributed by atoms with Crippen LogP contribution in [0, 0.1) is 18.7 Å². The largest absolute Gasteiger partial charge is 0.309 e. The summed E-state index contributed by atoms with van der Waals surface area (Å²) in [6, 6.07) is 15.3. The Hall–Kier alpha value is -3.81. The summed E-state index contributed by atoms with van der Waals surface area (Å²) in [5.74, 6) is -2.66. The fourth-order valence-electron chi connectivity index (χ4n) is 3.42. The number of aryl methyl sites for hydroxylation is 1. The van der Waals surface area contributed by atoms with Crippen LogP contribution in [0.5, 0.6) is 0 Å². The second-order valence-electron chi connectivity index (χ2n) is 7.19. The van der Waals surface area contributed by atoms with Crippen molar-refractivity contribution in [1.82, 2.24) is 15.8 Å². The maximum Gasteiger partial charge on any atom is 0.288 e. The molecule has 0 radical (unpaired) electrons. The molecule has 1 unspecified atom stereocenters. The Morgan fingerprint density at radius 2 is 1.90 bits per heavy atom. The fourth-order valence-corrected chi connectivity index (χ4v) is 3.42. The molecule has 1 aliphatic rings. The highest BCUT2D eigenvalue weighted by atomic mass is 19.1. The van der Waals surface area contributed by atoms with Crippen LogP contribution in [0.15, 0.2) is 54.6 Å².